The number of carbonyl (C=O) groups excluding carboxylic acids is 2. The highest BCUT2D eigenvalue weighted by molar-refractivity contribution is 6.05. The summed E-state index contributed by atoms with van der Waals surface area (Å²) in [5.74, 6) is -0.456. The number of piperidine rings is 1. The highest BCUT2D eigenvalue weighted by Gasteiger charge is 2.33. The summed E-state index contributed by atoms with van der Waals surface area (Å²) in [5, 5.41) is 2.63. The summed E-state index contributed by atoms with van der Waals surface area (Å²) in [7, 11) is 0. The maximum absolute atomic E-state index is 13.2. The van der Waals surface area contributed by atoms with Crippen LogP contribution in [0.25, 0.3) is 0 Å². The first kappa shape index (κ1) is 27.6. The average molecular weight is 508 g/mol. The molecule has 0 atom stereocenters. The molecule has 2 amide bonds. The minimum Gasteiger partial charge on any atom is -0.444 e. The predicted molar refractivity (Wildman–Crippen MR) is 133 cm³/mol. The van der Waals surface area contributed by atoms with Gasteiger partial charge in [0.2, 0.25) is 0 Å². The highest BCUT2D eigenvalue weighted by Crippen LogP contribution is 2.35. The molecule has 1 aliphatic heterocycles. The van der Waals surface area contributed by atoms with E-state index in [1.807, 2.05) is 33.8 Å². The fourth-order valence-electron chi connectivity index (χ4n) is 4.50. The number of carbonyl (C=O) groups is 2. The molecule has 0 saturated carbocycles. The van der Waals surface area contributed by atoms with E-state index in [2.05, 4.69) is 30.7 Å². The van der Waals surface area contributed by atoms with Gasteiger partial charge in [0.05, 0.1) is 11.1 Å². The first-order valence-electron chi connectivity index (χ1n) is 12.2. The second kappa shape index (κ2) is 9.82. The van der Waals surface area contributed by atoms with Gasteiger partial charge in [-0.05, 0) is 64.8 Å². The molecular formula is C27H36F3N3O3. The Kier molecular flexibility index (Phi) is 7.54. The van der Waals surface area contributed by atoms with Crippen molar-refractivity contribution >= 4 is 17.7 Å². The van der Waals surface area contributed by atoms with Crippen LogP contribution < -0.4 is 5.32 Å². The average Bonchev–Trinajstić information content (AvgIpc) is 3.10. The van der Waals surface area contributed by atoms with Crippen LogP contribution in [0.2, 0.25) is 0 Å². The van der Waals surface area contributed by atoms with Crippen LogP contribution in [0, 0.1) is 6.92 Å². The SMILES string of the molecule is Cc1c(C(=O)Nc2cccc(C(F)(F)F)c2)cc(C(C)(C)C)n1C1CCN(C(=O)OC(C)(C)C)CC1. The minimum absolute atomic E-state index is 0.0769. The van der Waals surface area contributed by atoms with Crippen LogP contribution in [0.15, 0.2) is 30.3 Å². The standard InChI is InChI=1S/C27H36F3N3O3/c1-17-21(23(34)31-19-10-8-9-18(15-19)27(28,29)30)16-22(25(2,3)4)33(17)20-11-13-32(14-12-20)24(35)36-26(5,6)7/h8-10,15-16,20H,11-14H2,1-7H3,(H,31,34). The number of alkyl halides is 3. The highest BCUT2D eigenvalue weighted by atomic mass is 19.4. The fraction of sp³-hybridized carbons (Fsp3) is 0.556. The molecule has 6 nitrogen and oxygen atoms in total. The number of rotatable bonds is 3. The van der Waals surface area contributed by atoms with E-state index in [0.29, 0.717) is 31.5 Å². The van der Waals surface area contributed by atoms with Crippen molar-refractivity contribution in [1.82, 2.24) is 9.47 Å². The molecule has 0 bridgehead atoms. The van der Waals surface area contributed by atoms with E-state index < -0.39 is 23.2 Å². The topological polar surface area (TPSA) is 63.6 Å². The summed E-state index contributed by atoms with van der Waals surface area (Å²) in [6.07, 6.45) is -3.42. The van der Waals surface area contributed by atoms with Gasteiger partial charge in [0.1, 0.15) is 5.60 Å². The van der Waals surface area contributed by atoms with Gasteiger partial charge in [0, 0.05) is 41.6 Å². The number of hydrogen-bond donors (Lipinski definition) is 1. The Balaban J connectivity index is 1.84. The van der Waals surface area contributed by atoms with Crippen LogP contribution in [0.1, 0.15) is 87.7 Å². The lowest BCUT2D eigenvalue weighted by atomic mass is 9.91. The number of halogens is 3. The normalized spacial score (nSPS) is 15.7. The largest absolute Gasteiger partial charge is 0.444 e. The van der Waals surface area contributed by atoms with Gasteiger partial charge in [-0.15, -0.1) is 0 Å². The Labute approximate surface area is 210 Å². The lowest BCUT2D eigenvalue weighted by Crippen LogP contribution is -2.42. The Hall–Kier alpha value is -2.97. The zero-order valence-corrected chi connectivity index (χ0v) is 22.0. The van der Waals surface area contributed by atoms with Gasteiger partial charge in [0.15, 0.2) is 0 Å². The molecule has 3 rings (SSSR count). The quantitative estimate of drug-likeness (QED) is 0.490. The maximum atomic E-state index is 13.2. The molecule has 2 heterocycles. The monoisotopic (exact) mass is 507 g/mol. The summed E-state index contributed by atoms with van der Waals surface area (Å²) in [4.78, 5) is 27.4. The molecule has 198 valence electrons. The lowest BCUT2D eigenvalue weighted by molar-refractivity contribution is -0.137. The number of aromatic nitrogens is 1. The molecule has 2 aromatic rings. The van der Waals surface area contributed by atoms with Gasteiger partial charge in [0.25, 0.3) is 5.91 Å². The minimum atomic E-state index is -4.49. The van der Waals surface area contributed by atoms with Crippen LogP contribution in [-0.2, 0) is 16.3 Å². The number of likely N-dealkylation sites (tertiary alicyclic amines) is 1. The van der Waals surface area contributed by atoms with E-state index in [0.717, 1.165) is 23.5 Å². The third-order valence-electron chi connectivity index (χ3n) is 6.23. The van der Waals surface area contributed by atoms with Crippen LogP contribution >= 0.6 is 0 Å². The lowest BCUT2D eigenvalue weighted by Gasteiger charge is -2.36. The number of nitrogens with zero attached hydrogens (tertiary/aromatic N) is 2. The first-order chi connectivity index (χ1) is 16.5. The summed E-state index contributed by atoms with van der Waals surface area (Å²) < 4.78 is 46.9. The van der Waals surface area contributed by atoms with Gasteiger partial charge in [-0.3, -0.25) is 4.79 Å². The summed E-state index contributed by atoms with van der Waals surface area (Å²) in [6.45, 7) is 14.6. The smallest absolute Gasteiger partial charge is 0.416 e. The van der Waals surface area contributed by atoms with Gasteiger partial charge >= 0.3 is 12.3 Å². The molecule has 1 saturated heterocycles. The van der Waals surface area contributed by atoms with Crippen molar-refractivity contribution in [2.45, 2.75) is 84.5 Å². The van der Waals surface area contributed by atoms with Gasteiger partial charge < -0.3 is 19.5 Å². The van der Waals surface area contributed by atoms with Gasteiger partial charge in [-0.1, -0.05) is 26.8 Å². The van der Waals surface area contributed by atoms with Gasteiger partial charge in [-0.2, -0.15) is 13.2 Å². The molecule has 9 heteroatoms. The van der Waals surface area contributed by atoms with Crippen LogP contribution in [0.4, 0.5) is 23.7 Å². The molecule has 36 heavy (non-hydrogen) atoms. The van der Waals surface area contributed by atoms with Crippen LogP contribution in [0.3, 0.4) is 0 Å². The number of nitrogens with one attached hydrogen (secondary N) is 1. The van der Waals surface area contributed by atoms with Crippen molar-refractivity contribution in [1.29, 1.82) is 0 Å². The van der Waals surface area contributed by atoms with Crippen molar-refractivity contribution < 1.29 is 27.5 Å². The zero-order chi connectivity index (χ0) is 27.1. The Morgan fingerprint density at radius 2 is 1.61 bits per heavy atom. The summed E-state index contributed by atoms with van der Waals surface area (Å²) in [6, 6.07) is 6.53. The zero-order valence-electron chi connectivity index (χ0n) is 22.0. The third-order valence-corrected chi connectivity index (χ3v) is 6.23. The first-order valence-corrected chi connectivity index (χ1v) is 12.2. The fourth-order valence-corrected chi connectivity index (χ4v) is 4.50. The second-order valence-corrected chi connectivity index (χ2v) is 11.4. The molecule has 1 aromatic heterocycles. The van der Waals surface area contributed by atoms with E-state index in [-0.39, 0.29) is 23.2 Å². The number of anilines is 1. The van der Waals surface area contributed by atoms with E-state index >= 15 is 0 Å². The molecule has 0 radical (unpaired) electrons. The number of benzene rings is 1. The summed E-state index contributed by atoms with van der Waals surface area (Å²) in [5.41, 5.74) is 0.567. The second-order valence-electron chi connectivity index (χ2n) is 11.4. The molecule has 0 unspecified atom stereocenters. The Morgan fingerprint density at radius 1 is 1.00 bits per heavy atom. The van der Waals surface area contributed by atoms with Crippen molar-refractivity contribution in [2.75, 3.05) is 18.4 Å². The predicted octanol–water partition coefficient (Wildman–Crippen LogP) is 6.94. The molecule has 1 fully saturated rings. The third kappa shape index (κ3) is 6.42. The Morgan fingerprint density at radius 3 is 2.14 bits per heavy atom. The van der Waals surface area contributed by atoms with Crippen molar-refractivity contribution in [3.63, 3.8) is 0 Å². The molecule has 0 spiro atoms. The molecule has 1 aliphatic rings. The number of hydrogen-bond acceptors (Lipinski definition) is 3. The molecule has 1 aromatic carbocycles. The van der Waals surface area contributed by atoms with Crippen molar-refractivity contribution in [2.24, 2.45) is 0 Å². The van der Waals surface area contributed by atoms with E-state index in [4.69, 9.17) is 4.74 Å². The van der Waals surface area contributed by atoms with E-state index in [1.165, 1.54) is 12.1 Å². The molecule has 1 N–H and O–H groups in total. The number of ether oxygens (including phenoxy) is 1. The number of amides is 2. The Bertz CT molecular complexity index is 1120. The maximum Gasteiger partial charge on any atom is 0.416 e. The van der Waals surface area contributed by atoms with Crippen molar-refractivity contribution in [3.8, 4) is 0 Å². The van der Waals surface area contributed by atoms with E-state index in [1.54, 1.807) is 4.90 Å². The van der Waals surface area contributed by atoms with Crippen molar-refractivity contribution in [3.05, 3.63) is 52.8 Å². The summed E-state index contributed by atoms with van der Waals surface area (Å²) >= 11 is 0. The molecule has 0 aliphatic carbocycles. The van der Waals surface area contributed by atoms with Crippen LogP contribution in [-0.4, -0.2) is 40.2 Å². The van der Waals surface area contributed by atoms with E-state index in [9.17, 15) is 22.8 Å². The molecular weight excluding hydrogens is 471 g/mol. The van der Waals surface area contributed by atoms with Crippen LogP contribution in [0.5, 0.6) is 0 Å². The van der Waals surface area contributed by atoms with Gasteiger partial charge in [-0.25, -0.2) is 4.79 Å².